The van der Waals surface area contributed by atoms with Crippen molar-refractivity contribution in [1.82, 2.24) is 5.48 Å². The SMILES string of the molecule is CC(C)(C/C=C1\CCCC=C1Br)C(=O)NO. The second-order valence-corrected chi connectivity index (χ2v) is 5.56. The largest absolute Gasteiger partial charge is 0.289 e. The van der Waals surface area contributed by atoms with Crippen molar-refractivity contribution in [2.45, 2.75) is 39.5 Å². The molecule has 0 aromatic rings. The quantitative estimate of drug-likeness (QED) is 0.618. The maximum absolute atomic E-state index is 11.4. The highest BCUT2D eigenvalue weighted by molar-refractivity contribution is 9.12. The Bertz CT molecular complexity index is 332. The van der Waals surface area contributed by atoms with Gasteiger partial charge in [0.1, 0.15) is 0 Å². The minimum atomic E-state index is -0.577. The molecule has 0 saturated carbocycles. The Kier molecular flexibility index (Phi) is 4.74. The Morgan fingerprint density at radius 1 is 1.69 bits per heavy atom. The third-order valence-electron chi connectivity index (χ3n) is 2.86. The number of rotatable bonds is 3. The predicted molar refractivity (Wildman–Crippen MR) is 67.3 cm³/mol. The molecule has 1 aliphatic carbocycles. The zero-order valence-corrected chi connectivity index (χ0v) is 11.3. The predicted octanol–water partition coefficient (Wildman–Crippen LogP) is 3.30. The van der Waals surface area contributed by atoms with Gasteiger partial charge < -0.3 is 0 Å². The topological polar surface area (TPSA) is 49.3 Å². The van der Waals surface area contributed by atoms with Gasteiger partial charge in [-0.2, -0.15) is 0 Å². The van der Waals surface area contributed by atoms with Gasteiger partial charge in [-0.25, -0.2) is 5.48 Å². The summed E-state index contributed by atoms with van der Waals surface area (Å²) in [6, 6.07) is 0. The van der Waals surface area contributed by atoms with Gasteiger partial charge >= 0.3 is 0 Å². The van der Waals surface area contributed by atoms with Crippen molar-refractivity contribution in [1.29, 1.82) is 0 Å². The van der Waals surface area contributed by atoms with E-state index in [4.69, 9.17) is 5.21 Å². The molecule has 0 aliphatic heterocycles. The summed E-state index contributed by atoms with van der Waals surface area (Å²) >= 11 is 3.52. The first-order chi connectivity index (χ1) is 7.47. The zero-order valence-electron chi connectivity index (χ0n) is 9.72. The summed E-state index contributed by atoms with van der Waals surface area (Å²) in [6.07, 6.45) is 8.18. The molecule has 0 bridgehead atoms. The summed E-state index contributed by atoms with van der Waals surface area (Å²) in [5.74, 6) is -0.347. The molecule has 0 unspecified atom stereocenters. The Hall–Kier alpha value is -0.610. The van der Waals surface area contributed by atoms with Crippen LogP contribution in [0.3, 0.4) is 0 Å². The van der Waals surface area contributed by atoms with Crippen molar-refractivity contribution in [2.24, 2.45) is 5.41 Å². The van der Waals surface area contributed by atoms with Crippen molar-refractivity contribution >= 4 is 21.8 Å². The van der Waals surface area contributed by atoms with E-state index in [0.29, 0.717) is 6.42 Å². The van der Waals surface area contributed by atoms with Gasteiger partial charge in [-0.3, -0.25) is 10.0 Å². The molecule has 1 rings (SSSR count). The summed E-state index contributed by atoms with van der Waals surface area (Å²) in [7, 11) is 0. The van der Waals surface area contributed by atoms with E-state index < -0.39 is 5.41 Å². The highest BCUT2D eigenvalue weighted by Gasteiger charge is 2.26. The molecule has 0 spiro atoms. The standard InChI is InChI=1S/C12H18BrNO2/c1-12(2,11(15)14-16)8-7-9-5-3-4-6-10(9)13/h6-7,16H,3-5,8H2,1-2H3,(H,14,15)/b9-7+. The van der Waals surface area contributed by atoms with Crippen LogP contribution in [-0.4, -0.2) is 11.1 Å². The van der Waals surface area contributed by atoms with E-state index in [0.717, 1.165) is 23.7 Å². The number of hydrogen-bond acceptors (Lipinski definition) is 2. The van der Waals surface area contributed by atoms with Crippen molar-refractivity contribution in [3.8, 4) is 0 Å². The molecule has 90 valence electrons. The van der Waals surface area contributed by atoms with Crippen molar-refractivity contribution < 1.29 is 10.0 Å². The highest BCUT2D eigenvalue weighted by Crippen LogP contribution is 2.31. The number of hydroxylamine groups is 1. The van der Waals surface area contributed by atoms with Crippen LogP contribution < -0.4 is 5.48 Å². The lowest BCUT2D eigenvalue weighted by Gasteiger charge is -2.21. The van der Waals surface area contributed by atoms with Crippen LogP contribution in [0.5, 0.6) is 0 Å². The summed E-state index contributed by atoms with van der Waals surface area (Å²) in [6.45, 7) is 3.63. The molecule has 1 amide bonds. The van der Waals surface area contributed by atoms with Gasteiger partial charge in [0.2, 0.25) is 5.91 Å². The molecule has 2 N–H and O–H groups in total. The van der Waals surface area contributed by atoms with Gasteiger partial charge in [0.15, 0.2) is 0 Å². The smallest absolute Gasteiger partial charge is 0.249 e. The Morgan fingerprint density at radius 2 is 2.38 bits per heavy atom. The van der Waals surface area contributed by atoms with Crippen LogP contribution in [0.1, 0.15) is 39.5 Å². The van der Waals surface area contributed by atoms with Crippen LogP contribution in [0, 0.1) is 5.41 Å². The first-order valence-electron chi connectivity index (χ1n) is 5.47. The Morgan fingerprint density at radius 3 is 2.94 bits per heavy atom. The number of carbonyl (C=O) groups is 1. The fraction of sp³-hybridized carbons (Fsp3) is 0.583. The Labute approximate surface area is 105 Å². The van der Waals surface area contributed by atoms with Crippen molar-refractivity contribution in [2.75, 3.05) is 0 Å². The van der Waals surface area contributed by atoms with Crippen LogP contribution in [-0.2, 0) is 4.79 Å². The lowest BCUT2D eigenvalue weighted by molar-refractivity contribution is -0.137. The van der Waals surface area contributed by atoms with E-state index >= 15 is 0 Å². The number of allylic oxidation sites excluding steroid dienone is 4. The Balaban J connectivity index is 2.68. The van der Waals surface area contributed by atoms with Crippen molar-refractivity contribution in [3.05, 3.63) is 22.2 Å². The van der Waals surface area contributed by atoms with Gasteiger partial charge in [0.25, 0.3) is 0 Å². The van der Waals surface area contributed by atoms with Crippen molar-refractivity contribution in [3.63, 3.8) is 0 Å². The number of nitrogens with one attached hydrogen (secondary N) is 1. The molecule has 0 aromatic carbocycles. The van der Waals surface area contributed by atoms with Crippen LogP contribution in [0.4, 0.5) is 0 Å². The van der Waals surface area contributed by atoms with Crippen LogP contribution in [0.15, 0.2) is 22.2 Å². The average molecular weight is 288 g/mol. The minimum absolute atomic E-state index is 0.347. The molecule has 0 atom stereocenters. The lowest BCUT2D eigenvalue weighted by atomic mass is 9.86. The van der Waals surface area contributed by atoms with Gasteiger partial charge in [0, 0.05) is 9.90 Å². The number of halogens is 1. The number of carbonyl (C=O) groups excluding carboxylic acids is 1. The molecule has 0 radical (unpaired) electrons. The number of amides is 1. The maximum Gasteiger partial charge on any atom is 0.249 e. The maximum atomic E-state index is 11.4. The second kappa shape index (κ2) is 5.64. The average Bonchev–Trinajstić information content (AvgIpc) is 2.27. The molecule has 0 fully saturated rings. The molecule has 16 heavy (non-hydrogen) atoms. The number of hydrogen-bond donors (Lipinski definition) is 2. The monoisotopic (exact) mass is 287 g/mol. The zero-order chi connectivity index (χ0) is 12.2. The molecule has 3 nitrogen and oxygen atoms in total. The molecule has 4 heteroatoms. The second-order valence-electron chi connectivity index (χ2n) is 4.70. The molecule has 0 heterocycles. The van der Waals surface area contributed by atoms with Crippen LogP contribution in [0.2, 0.25) is 0 Å². The first-order valence-corrected chi connectivity index (χ1v) is 6.26. The van der Waals surface area contributed by atoms with E-state index in [1.165, 1.54) is 5.57 Å². The van der Waals surface area contributed by atoms with E-state index in [9.17, 15) is 4.79 Å². The first kappa shape index (κ1) is 13.5. The molecule has 1 aliphatic rings. The summed E-state index contributed by atoms with van der Waals surface area (Å²) in [5, 5.41) is 8.62. The third kappa shape index (κ3) is 3.46. The van der Waals surface area contributed by atoms with E-state index in [1.54, 1.807) is 5.48 Å². The van der Waals surface area contributed by atoms with Crippen LogP contribution >= 0.6 is 15.9 Å². The van der Waals surface area contributed by atoms with E-state index in [1.807, 2.05) is 13.8 Å². The fourth-order valence-corrected chi connectivity index (χ4v) is 2.18. The minimum Gasteiger partial charge on any atom is -0.289 e. The van der Waals surface area contributed by atoms with Crippen LogP contribution in [0.25, 0.3) is 0 Å². The normalized spacial score (nSPS) is 19.5. The summed E-state index contributed by atoms with van der Waals surface area (Å²) < 4.78 is 1.14. The third-order valence-corrected chi connectivity index (χ3v) is 3.69. The highest BCUT2D eigenvalue weighted by atomic mass is 79.9. The fourth-order valence-electron chi connectivity index (χ4n) is 1.59. The van der Waals surface area contributed by atoms with Gasteiger partial charge in [-0.1, -0.05) is 41.9 Å². The summed E-state index contributed by atoms with van der Waals surface area (Å²) in [4.78, 5) is 11.4. The lowest BCUT2D eigenvalue weighted by Crippen LogP contribution is -2.34. The van der Waals surface area contributed by atoms with Gasteiger partial charge in [-0.05, 0) is 31.3 Å². The summed E-state index contributed by atoms with van der Waals surface area (Å²) in [5.41, 5.74) is 2.39. The molecule has 0 saturated heterocycles. The van der Waals surface area contributed by atoms with Gasteiger partial charge in [-0.15, -0.1) is 0 Å². The van der Waals surface area contributed by atoms with E-state index in [-0.39, 0.29) is 5.91 Å². The van der Waals surface area contributed by atoms with E-state index in [2.05, 4.69) is 28.1 Å². The molecular formula is C12H18BrNO2. The van der Waals surface area contributed by atoms with Gasteiger partial charge in [0.05, 0.1) is 0 Å². The molecular weight excluding hydrogens is 270 g/mol. The molecule has 0 aromatic heterocycles.